The van der Waals surface area contributed by atoms with Crippen LogP contribution < -0.4 is 0 Å². The SMILES string of the molecule is C.C.CC=C(C)C.CCC(C)C.[CH3-].[CH3-].[CH3-].[V+2].[W]. The Morgan fingerprint density at radius 1 is 1.00 bits per heavy atom. The Morgan fingerprint density at radius 3 is 1.12 bits per heavy atom. The fourth-order valence-corrected chi connectivity index (χ4v) is 0. The molecule has 0 aromatic heterocycles. The van der Waals surface area contributed by atoms with E-state index in [1.165, 1.54) is 12.0 Å². The molecule has 0 saturated carbocycles. The van der Waals surface area contributed by atoms with Crippen LogP contribution in [0.4, 0.5) is 0 Å². The summed E-state index contributed by atoms with van der Waals surface area (Å²) in [5, 5.41) is 0. The quantitative estimate of drug-likeness (QED) is 0.308. The van der Waals surface area contributed by atoms with Crippen molar-refractivity contribution in [2.75, 3.05) is 0 Å². The second-order valence-electron chi connectivity index (χ2n) is 3.17. The molecule has 111 valence electrons. The molecule has 0 spiro atoms. The molecule has 0 N–H and O–H groups in total. The molecule has 0 aromatic carbocycles. The van der Waals surface area contributed by atoms with Gasteiger partial charge in [0.25, 0.3) is 0 Å². The van der Waals surface area contributed by atoms with Crippen molar-refractivity contribution < 1.29 is 39.6 Å². The van der Waals surface area contributed by atoms with Gasteiger partial charge in [-0.25, -0.2) is 0 Å². The topological polar surface area (TPSA) is 0 Å². The zero-order valence-electron chi connectivity index (χ0n) is 12.2. The number of hydrogen-bond donors (Lipinski definition) is 0. The van der Waals surface area contributed by atoms with Gasteiger partial charge in [-0.05, 0) is 26.7 Å². The van der Waals surface area contributed by atoms with E-state index in [9.17, 15) is 0 Å². The molecule has 17 heavy (non-hydrogen) atoms. The molecule has 2 heteroatoms. The maximum absolute atomic E-state index is 2.22. The van der Waals surface area contributed by atoms with Gasteiger partial charge < -0.3 is 22.3 Å². The summed E-state index contributed by atoms with van der Waals surface area (Å²) in [5.74, 6) is 0.884. The van der Waals surface area contributed by atoms with E-state index in [1.54, 1.807) is 0 Å². The summed E-state index contributed by atoms with van der Waals surface area (Å²) < 4.78 is 0. The molecule has 0 atom stereocenters. The smallest absolute Gasteiger partial charge is 0.358 e. The third kappa shape index (κ3) is 153. The minimum absolute atomic E-state index is 0. The third-order valence-electron chi connectivity index (χ3n) is 1.39. The van der Waals surface area contributed by atoms with E-state index < -0.39 is 0 Å². The minimum Gasteiger partial charge on any atom is -0.358 e. The fourth-order valence-electron chi connectivity index (χ4n) is 0. The Hall–Kier alpha value is 1.01. The van der Waals surface area contributed by atoms with E-state index in [-0.39, 0.29) is 76.8 Å². The van der Waals surface area contributed by atoms with Crippen molar-refractivity contribution in [3.8, 4) is 0 Å². The van der Waals surface area contributed by atoms with Gasteiger partial charge in [-0.1, -0.05) is 53.7 Å². The van der Waals surface area contributed by atoms with E-state index in [2.05, 4.69) is 40.7 Å². The van der Waals surface area contributed by atoms with Crippen LogP contribution in [-0.2, 0) is 39.6 Å². The van der Waals surface area contributed by atoms with Crippen LogP contribution in [0, 0.1) is 28.2 Å². The molecular formula is C15H39VW-. The van der Waals surface area contributed by atoms with Crippen molar-refractivity contribution in [3.63, 3.8) is 0 Å². The molecular weight excluding hydrogens is 415 g/mol. The van der Waals surface area contributed by atoms with Gasteiger partial charge in [0.2, 0.25) is 0 Å². The van der Waals surface area contributed by atoms with Gasteiger partial charge in [0.05, 0.1) is 0 Å². The summed E-state index contributed by atoms with van der Waals surface area (Å²) in [6.07, 6.45) is 3.39. The van der Waals surface area contributed by atoms with E-state index in [4.69, 9.17) is 0 Å². The van der Waals surface area contributed by atoms with Gasteiger partial charge in [0.1, 0.15) is 0 Å². The first-order valence-corrected chi connectivity index (χ1v) is 4.14. The second kappa shape index (κ2) is 53.7. The molecule has 0 saturated heterocycles. The molecule has 0 heterocycles. The van der Waals surface area contributed by atoms with Crippen molar-refractivity contribution in [3.05, 3.63) is 33.9 Å². The second-order valence-corrected chi connectivity index (χ2v) is 3.17. The van der Waals surface area contributed by atoms with Crippen LogP contribution in [0.1, 0.15) is 62.8 Å². The molecule has 0 aliphatic rings. The molecule has 0 fully saturated rings. The van der Waals surface area contributed by atoms with Crippen LogP contribution >= 0.6 is 0 Å². The number of rotatable bonds is 1. The average molecular weight is 454 g/mol. The van der Waals surface area contributed by atoms with Crippen LogP contribution in [-0.4, -0.2) is 0 Å². The number of hydrogen-bond acceptors (Lipinski definition) is 0. The average Bonchev–Trinajstić information content (AvgIpc) is 1.89. The summed E-state index contributed by atoms with van der Waals surface area (Å²) in [6.45, 7) is 12.8. The number of allylic oxidation sites excluding steroid dienone is 2. The van der Waals surface area contributed by atoms with Gasteiger partial charge >= 0.3 is 18.6 Å². The molecule has 0 bridgehead atoms. The zero-order chi connectivity index (χ0) is 8.57. The monoisotopic (exact) mass is 454 g/mol. The van der Waals surface area contributed by atoms with Crippen molar-refractivity contribution in [2.24, 2.45) is 5.92 Å². The van der Waals surface area contributed by atoms with Crippen molar-refractivity contribution >= 4 is 0 Å². The maximum atomic E-state index is 2.22. The first-order chi connectivity index (χ1) is 4.54. The van der Waals surface area contributed by atoms with E-state index >= 15 is 0 Å². The van der Waals surface area contributed by atoms with Crippen LogP contribution in [0.5, 0.6) is 0 Å². The molecule has 0 amide bonds. The molecule has 0 aliphatic carbocycles. The Balaban J connectivity index is -0.00000000762. The Morgan fingerprint density at radius 2 is 1.12 bits per heavy atom. The van der Waals surface area contributed by atoms with Gasteiger partial charge in [-0.2, -0.15) is 0 Å². The third-order valence-corrected chi connectivity index (χ3v) is 1.39. The van der Waals surface area contributed by atoms with E-state index in [0.717, 1.165) is 5.92 Å². The maximum Gasteiger partial charge on any atom is 2.00 e. The van der Waals surface area contributed by atoms with Crippen molar-refractivity contribution in [1.29, 1.82) is 0 Å². The van der Waals surface area contributed by atoms with Gasteiger partial charge in [0, 0.05) is 21.1 Å². The Kier molecular flexibility index (Phi) is 203. The minimum atomic E-state index is 0. The fraction of sp³-hybridized carbons (Fsp3) is 0.667. The first-order valence-electron chi connectivity index (χ1n) is 4.14. The van der Waals surface area contributed by atoms with Crippen LogP contribution in [0.3, 0.4) is 0 Å². The predicted molar refractivity (Wildman–Crippen MR) is 82.9 cm³/mol. The largest absolute Gasteiger partial charge is 2.00 e. The van der Waals surface area contributed by atoms with E-state index in [0.29, 0.717) is 0 Å². The molecule has 0 unspecified atom stereocenters. The molecule has 1 radical (unpaired) electrons. The summed E-state index contributed by atoms with van der Waals surface area (Å²) in [4.78, 5) is 0. The summed E-state index contributed by atoms with van der Waals surface area (Å²) in [5.41, 5.74) is 1.38. The van der Waals surface area contributed by atoms with Crippen molar-refractivity contribution in [2.45, 2.75) is 62.8 Å². The van der Waals surface area contributed by atoms with Crippen molar-refractivity contribution in [1.82, 2.24) is 0 Å². The zero-order valence-corrected chi connectivity index (χ0v) is 16.5. The Bertz CT molecular complexity index is 84.9. The molecule has 0 nitrogen and oxygen atoms in total. The van der Waals surface area contributed by atoms with Crippen LogP contribution in [0.25, 0.3) is 0 Å². The molecule has 0 rings (SSSR count). The summed E-state index contributed by atoms with van der Waals surface area (Å²) in [7, 11) is 0. The Labute approximate surface area is 142 Å². The summed E-state index contributed by atoms with van der Waals surface area (Å²) >= 11 is 0. The predicted octanol–water partition coefficient (Wildman–Crippen LogP) is 6.64. The summed E-state index contributed by atoms with van der Waals surface area (Å²) in [6, 6.07) is 0. The van der Waals surface area contributed by atoms with Gasteiger partial charge in [-0.15, -0.1) is 0 Å². The van der Waals surface area contributed by atoms with Crippen LogP contribution in [0.2, 0.25) is 0 Å². The van der Waals surface area contributed by atoms with E-state index in [1.807, 2.05) is 6.92 Å². The molecule has 0 aromatic rings. The first kappa shape index (κ1) is 64.2. The van der Waals surface area contributed by atoms with Gasteiger partial charge in [-0.3, -0.25) is 0 Å². The normalized spacial score (nSPS) is 4.88. The molecule has 0 aliphatic heterocycles. The van der Waals surface area contributed by atoms with Crippen LogP contribution in [0.15, 0.2) is 11.6 Å². The van der Waals surface area contributed by atoms with Gasteiger partial charge in [0.15, 0.2) is 0 Å². The standard InChI is InChI=1S/C5H12.C5H10.2CH4.3CH3.V.W/c2*1-4-5(2)3;;;;;;;/h5H,4H2,1-3H3;4H,1-3H3;2*1H4;3*1H3;;/q;;;;3*-1;+2;.